The zero-order chi connectivity index (χ0) is 12.1. The lowest BCUT2D eigenvalue weighted by atomic mass is 10.1. The summed E-state index contributed by atoms with van der Waals surface area (Å²) >= 11 is 0. The minimum atomic E-state index is 0.342. The van der Waals surface area contributed by atoms with Crippen molar-refractivity contribution in [2.75, 3.05) is 11.9 Å². The van der Waals surface area contributed by atoms with E-state index in [1.165, 1.54) is 5.56 Å². The van der Waals surface area contributed by atoms with Gasteiger partial charge in [-0.3, -0.25) is 0 Å². The fraction of sp³-hybridized carbons (Fsp3) is 0.200. The first kappa shape index (κ1) is 11.5. The van der Waals surface area contributed by atoms with Gasteiger partial charge in [0, 0.05) is 17.8 Å². The molecular formula is C15H17NO. The van der Waals surface area contributed by atoms with Gasteiger partial charge in [-0.15, -0.1) is 0 Å². The summed E-state index contributed by atoms with van der Waals surface area (Å²) in [4.78, 5) is 0. The van der Waals surface area contributed by atoms with Gasteiger partial charge in [0.15, 0.2) is 0 Å². The Bertz CT molecular complexity index is 480. The zero-order valence-electron chi connectivity index (χ0n) is 9.98. The molecule has 2 aromatic carbocycles. The van der Waals surface area contributed by atoms with Crippen LogP contribution in [0.2, 0.25) is 0 Å². The maximum absolute atomic E-state index is 9.58. The number of rotatable bonds is 4. The van der Waals surface area contributed by atoms with E-state index in [4.69, 9.17) is 0 Å². The van der Waals surface area contributed by atoms with Crippen molar-refractivity contribution in [1.29, 1.82) is 0 Å². The van der Waals surface area contributed by atoms with Crippen LogP contribution in [0.3, 0.4) is 0 Å². The second-order valence-electron chi connectivity index (χ2n) is 4.11. The number of anilines is 1. The van der Waals surface area contributed by atoms with Crippen LogP contribution in [0.25, 0.3) is 0 Å². The molecule has 0 bridgehead atoms. The Morgan fingerprint density at radius 2 is 1.76 bits per heavy atom. The Kier molecular flexibility index (Phi) is 3.66. The number of nitrogens with one attached hydrogen (secondary N) is 1. The molecule has 0 aliphatic carbocycles. The SMILES string of the molecule is Cc1c(O)cccc1NCCc1ccccc1. The molecule has 0 radical (unpaired) electrons. The third-order valence-corrected chi connectivity index (χ3v) is 2.88. The van der Waals surface area contributed by atoms with Crippen molar-refractivity contribution >= 4 is 5.69 Å². The molecule has 2 heteroatoms. The first-order chi connectivity index (χ1) is 8.27. The highest BCUT2D eigenvalue weighted by Crippen LogP contribution is 2.23. The van der Waals surface area contributed by atoms with Gasteiger partial charge in [-0.25, -0.2) is 0 Å². The van der Waals surface area contributed by atoms with Crippen LogP contribution in [-0.2, 0) is 6.42 Å². The average molecular weight is 227 g/mol. The Hall–Kier alpha value is -1.96. The molecular weight excluding hydrogens is 210 g/mol. The van der Waals surface area contributed by atoms with Crippen LogP contribution in [-0.4, -0.2) is 11.7 Å². The van der Waals surface area contributed by atoms with E-state index in [1.54, 1.807) is 6.07 Å². The van der Waals surface area contributed by atoms with Crippen LogP contribution in [0.1, 0.15) is 11.1 Å². The monoisotopic (exact) mass is 227 g/mol. The first-order valence-electron chi connectivity index (χ1n) is 5.84. The number of benzene rings is 2. The summed E-state index contributed by atoms with van der Waals surface area (Å²) < 4.78 is 0. The lowest BCUT2D eigenvalue weighted by Crippen LogP contribution is -2.05. The maximum atomic E-state index is 9.58. The second-order valence-corrected chi connectivity index (χ2v) is 4.11. The number of hydrogen-bond acceptors (Lipinski definition) is 2. The smallest absolute Gasteiger partial charge is 0.120 e. The van der Waals surface area contributed by atoms with Crippen molar-refractivity contribution in [3.05, 3.63) is 59.7 Å². The van der Waals surface area contributed by atoms with E-state index >= 15 is 0 Å². The molecule has 2 nitrogen and oxygen atoms in total. The van der Waals surface area contributed by atoms with Crippen LogP contribution in [0.15, 0.2) is 48.5 Å². The summed E-state index contributed by atoms with van der Waals surface area (Å²) in [6.45, 7) is 2.79. The minimum Gasteiger partial charge on any atom is -0.508 e. The Balaban J connectivity index is 1.93. The van der Waals surface area contributed by atoms with Gasteiger partial charge in [0.1, 0.15) is 5.75 Å². The van der Waals surface area contributed by atoms with Crippen molar-refractivity contribution < 1.29 is 5.11 Å². The van der Waals surface area contributed by atoms with Crippen LogP contribution >= 0.6 is 0 Å². The van der Waals surface area contributed by atoms with E-state index in [9.17, 15) is 5.11 Å². The molecule has 0 heterocycles. The van der Waals surface area contributed by atoms with E-state index in [-0.39, 0.29) is 0 Å². The second kappa shape index (κ2) is 5.39. The highest BCUT2D eigenvalue weighted by atomic mass is 16.3. The third-order valence-electron chi connectivity index (χ3n) is 2.88. The average Bonchev–Trinajstić information content (AvgIpc) is 2.36. The molecule has 2 rings (SSSR count). The fourth-order valence-corrected chi connectivity index (χ4v) is 1.80. The highest BCUT2D eigenvalue weighted by Gasteiger charge is 2.01. The fourth-order valence-electron chi connectivity index (χ4n) is 1.80. The van der Waals surface area contributed by atoms with Gasteiger partial charge in [0.05, 0.1) is 0 Å². The summed E-state index contributed by atoms with van der Waals surface area (Å²) in [5.74, 6) is 0.342. The van der Waals surface area contributed by atoms with Gasteiger partial charge in [0.25, 0.3) is 0 Å². The minimum absolute atomic E-state index is 0.342. The molecule has 0 aromatic heterocycles. The first-order valence-corrected chi connectivity index (χ1v) is 5.84. The summed E-state index contributed by atoms with van der Waals surface area (Å²) in [6.07, 6.45) is 0.982. The highest BCUT2D eigenvalue weighted by molar-refractivity contribution is 5.56. The number of hydrogen-bond donors (Lipinski definition) is 2. The van der Waals surface area contributed by atoms with Crippen molar-refractivity contribution in [2.24, 2.45) is 0 Å². The van der Waals surface area contributed by atoms with Gasteiger partial charge < -0.3 is 10.4 Å². The third kappa shape index (κ3) is 3.00. The van der Waals surface area contributed by atoms with E-state index in [0.29, 0.717) is 5.75 Å². The Morgan fingerprint density at radius 3 is 2.53 bits per heavy atom. The Morgan fingerprint density at radius 1 is 1.00 bits per heavy atom. The molecule has 0 aliphatic rings. The molecule has 2 N–H and O–H groups in total. The molecule has 0 atom stereocenters. The molecule has 17 heavy (non-hydrogen) atoms. The van der Waals surface area contributed by atoms with Crippen LogP contribution < -0.4 is 5.32 Å². The molecule has 0 spiro atoms. The van der Waals surface area contributed by atoms with Crippen LogP contribution in [0.4, 0.5) is 5.69 Å². The molecule has 2 aromatic rings. The predicted octanol–water partition coefficient (Wildman–Crippen LogP) is 3.36. The van der Waals surface area contributed by atoms with Crippen molar-refractivity contribution in [3.63, 3.8) is 0 Å². The van der Waals surface area contributed by atoms with Crippen molar-refractivity contribution in [2.45, 2.75) is 13.3 Å². The van der Waals surface area contributed by atoms with Crippen LogP contribution in [0, 0.1) is 6.92 Å². The van der Waals surface area contributed by atoms with Gasteiger partial charge in [-0.1, -0.05) is 36.4 Å². The molecule has 0 fully saturated rings. The quantitative estimate of drug-likeness (QED) is 0.839. The Labute approximate surface area is 102 Å². The number of phenolic OH excluding ortho intramolecular Hbond substituents is 1. The summed E-state index contributed by atoms with van der Waals surface area (Å²) in [7, 11) is 0. The largest absolute Gasteiger partial charge is 0.508 e. The zero-order valence-corrected chi connectivity index (χ0v) is 9.98. The molecule has 0 aliphatic heterocycles. The number of aromatic hydroxyl groups is 1. The van der Waals surface area contributed by atoms with Gasteiger partial charge in [-0.05, 0) is 31.0 Å². The van der Waals surface area contributed by atoms with Crippen molar-refractivity contribution in [1.82, 2.24) is 0 Å². The molecule has 0 saturated carbocycles. The lowest BCUT2D eigenvalue weighted by molar-refractivity contribution is 0.471. The van der Waals surface area contributed by atoms with E-state index in [0.717, 1.165) is 24.2 Å². The van der Waals surface area contributed by atoms with Gasteiger partial charge in [0.2, 0.25) is 0 Å². The summed E-state index contributed by atoms with van der Waals surface area (Å²) in [5.41, 5.74) is 3.22. The maximum Gasteiger partial charge on any atom is 0.120 e. The number of phenols is 1. The summed E-state index contributed by atoms with van der Waals surface area (Å²) in [5, 5.41) is 12.9. The van der Waals surface area contributed by atoms with Crippen molar-refractivity contribution in [3.8, 4) is 5.75 Å². The molecule has 88 valence electrons. The standard InChI is InChI=1S/C15H17NO/c1-12-14(8-5-9-15(12)17)16-11-10-13-6-3-2-4-7-13/h2-9,16-17H,10-11H2,1H3. The van der Waals surface area contributed by atoms with Gasteiger partial charge in [-0.2, -0.15) is 0 Å². The predicted molar refractivity (Wildman–Crippen MR) is 71.5 cm³/mol. The topological polar surface area (TPSA) is 32.3 Å². The van der Waals surface area contributed by atoms with E-state index in [1.807, 2.05) is 25.1 Å². The molecule has 0 unspecified atom stereocenters. The normalized spacial score (nSPS) is 10.2. The van der Waals surface area contributed by atoms with E-state index < -0.39 is 0 Å². The molecule has 0 saturated heterocycles. The van der Waals surface area contributed by atoms with Gasteiger partial charge >= 0.3 is 0 Å². The molecule has 0 amide bonds. The summed E-state index contributed by atoms with van der Waals surface area (Å²) in [6, 6.07) is 15.9. The van der Waals surface area contributed by atoms with E-state index in [2.05, 4.69) is 29.6 Å². The lowest BCUT2D eigenvalue weighted by Gasteiger charge is -2.10. The van der Waals surface area contributed by atoms with Crippen LogP contribution in [0.5, 0.6) is 5.75 Å².